The van der Waals surface area contributed by atoms with E-state index in [1.165, 1.54) is 0 Å². The second kappa shape index (κ2) is 7.10. The van der Waals surface area contributed by atoms with Gasteiger partial charge in [-0.05, 0) is 38.4 Å². The first-order valence-corrected chi connectivity index (χ1v) is 9.01. The molecule has 2 bridgehead atoms. The van der Waals surface area contributed by atoms with Gasteiger partial charge in [0.2, 0.25) is 0 Å². The number of nitrogens with zero attached hydrogens (tertiary/aromatic N) is 1. The lowest BCUT2D eigenvalue weighted by Gasteiger charge is -2.45. The number of aliphatic carboxylic acids is 2. The minimum atomic E-state index is -1.26. The van der Waals surface area contributed by atoms with Crippen LogP contribution in [0.15, 0.2) is 29.8 Å². The van der Waals surface area contributed by atoms with Crippen molar-refractivity contribution in [3.8, 4) is 5.75 Å². The topological polar surface area (TPSA) is 87.1 Å². The SMILES string of the molecule is CN1C2CCC1(/C(=C\C(=O)O)C(=O)O)CC(Oc1ccc(Cl)c(Cl)c1)C2. The van der Waals surface area contributed by atoms with E-state index in [0.29, 0.717) is 28.6 Å². The second-order valence-electron chi connectivity index (χ2n) is 6.79. The molecule has 6 nitrogen and oxygen atoms in total. The summed E-state index contributed by atoms with van der Waals surface area (Å²) in [6.07, 6.45) is 3.07. The highest BCUT2D eigenvalue weighted by Gasteiger charge is 2.54. The van der Waals surface area contributed by atoms with Gasteiger partial charge < -0.3 is 14.9 Å². The Bertz CT molecular complexity index is 781. The molecule has 26 heavy (non-hydrogen) atoms. The number of rotatable bonds is 5. The number of piperidine rings is 1. The highest BCUT2D eigenvalue weighted by molar-refractivity contribution is 6.42. The van der Waals surface area contributed by atoms with Gasteiger partial charge in [-0.2, -0.15) is 0 Å². The summed E-state index contributed by atoms with van der Waals surface area (Å²) in [5.74, 6) is -1.92. The number of carbonyl (C=O) groups is 2. The minimum absolute atomic E-state index is 0.0996. The van der Waals surface area contributed by atoms with Crippen LogP contribution in [0, 0.1) is 0 Å². The standard InChI is InChI=1S/C18H19Cl2NO5/c1-21-10-4-5-18(21,13(17(24)25)8-16(22)23)9-12(6-10)26-11-2-3-14(19)15(20)7-11/h2-3,7-8,10,12H,4-6,9H2,1H3,(H,22,23)(H,24,25)/b13-8-. The zero-order valence-electron chi connectivity index (χ0n) is 14.1. The molecule has 2 heterocycles. The molecule has 1 aromatic rings. The molecule has 2 aliphatic rings. The largest absolute Gasteiger partial charge is 0.490 e. The quantitative estimate of drug-likeness (QED) is 0.737. The van der Waals surface area contributed by atoms with Gasteiger partial charge in [0.15, 0.2) is 0 Å². The summed E-state index contributed by atoms with van der Waals surface area (Å²) < 4.78 is 6.04. The Morgan fingerprint density at radius 1 is 1.31 bits per heavy atom. The fourth-order valence-corrected chi connectivity index (χ4v) is 4.48. The predicted molar refractivity (Wildman–Crippen MR) is 97.0 cm³/mol. The second-order valence-corrected chi connectivity index (χ2v) is 7.61. The third kappa shape index (κ3) is 3.41. The van der Waals surface area contributed by atoms with Crippen molar-refractivity contribution in [3.05, 3.63) is 39.9 Å². The van der Waals surface area contributed by atoms with Gasteiger partial charge in [0.25, 0.3) is 0 Å². The maximum Gasteiger partial charge on any atom is 0.333 e. The maximum atomic E-state index is 11.8. The number of halogens is 2. The normalized spacial score (nSPS) is 28.8. The van der Waals surface area contributed by atoms with Crippen molar-refractivity contribution in [2.75, 3.05) is 7.05 Å². The van der Waals surface area contributed by atoms with Gasteiger partial charge in [-0.25, -0.2) is 9.59 Å². The number of likely N-dealkylation sites (N-methyl/N-ethyl adjacent to an activating group) is 1. The highest BCUT2D eigenvalue weighted by Crippen LogP contribution is 2.48. The van der Waals surface area contributed by atoms with Gasteiger partial charge in [-0.15, -0.1) is 0 Å². The van der Waals surface area contributed by atoms with Crippen molar-refractivity contribution in [1.29, 1.82) is 0 Å². The van der Waals surface area contributed by atoms with Crippen molar-refractivity contribution >= 4 is 35.1 Å². The van der Waals surface area contributed by atoms with E-state index in [1.54, 1.807) is 18.2 Å². The Kier molecular flexibility index (Phi) is 5.19. The van der Waals surface area contributed by atoms with Gasteiger partial charge in [0.1, 0.15) is 11.9 Å². The van der Waals surface area contributed by atoms with E-state index in [-0.39, 0.29) is 17.7 Å². The molecule has 0 radical (unpaired) electrons. The molecule has 1 aromatic carbocycles. The minimum Gasteiger partial charge on any atom is -0.490 e. The molecule has 2 N–H and O–H groups in total. The number of carboxylic acid groups (broad SMARTS) is 2. The van der Waals surface area contributed by atoms with Crippen LogP contribution in [-0.2, 0) is 9.59 Å². The van der Waals surface area contributed by atoms with Crippen LogP contribution in [-0.4, -0.2) is 51.8 Å². The lowest BCUT2D eigenvalue weighted by atomic mass is 9.80. The number of hydrogen-bond donors (Lipinski definition) is 2. The van der Waals surface area contributed by atoms with Crippen molar-refractivity contribution in [1.82, 2.24) is 4.90 Å². The Labute approximate surface area is 161 Å². The Balaban J connectivity index is 1.90. The third-order valence-corrected chi connectivity index (χ3v) is 6.15. The van der Waals surface area contributed by atoms with E-state index in [1.807, 2.05) is 11.9 Å². The Morgan fingerprint density at radius 3 is 2.65 bits per heavy atom. The first-order valence-electron chi connectivity index (χ1n) is 8.26. The van der Waals surface area contributed by atoms with Crippen molar-refractivity contribution in [3.63, 3.8) is 0 Å². The average molecular weight is 400 g/mol. The molecule has 3 unspecified atom stereocenters. The fourth-order valence-electron chi connectivity index (χ4n) is 4.20. The maximum absolute atomic E-state index is 11.8. The summed E-state index contributed by atoms with van der Waals surface area (Å²) in [6.45, 7) is 0. The van der Waals surface area contributed by atoms with Crippen LogP contribution in [0.4, 0.5) is 0 Å². The monoisotopic (exact) mass is 399 g/mol. The highest BCUT2D eigenvalue weighted by atomic mass is 35.5. The molecule has 0 saturated carbocycles. The molecule has 140 valence electrons. The summed E-state index contributed by atoms with van der Waals surface area (Å²) in [7, 11) is 1.85. The molecular formula is C18H19Cl2NO5. The van der Waals surface area contributed by atoms with Gasteiger partial charge in [0, 0.05) is 24.6 Å². The third-order valence-electron chi connectivity index (χ3n) is 5.41. The van der Waals surface area contributed by atoms with Crippen molar-refractivity contribution in [2.45, 2.75) is 43.4 Å². The van der Waals surface area contributed by atoms with Crippen LogP contribution in [0.2, 0.25) is 10.0 Å². The average Bonchev–Trinajstić information content (AvgIpc) is 2.75. The number of fused-ring (bicyclic) bond motifs is 2. The van der Waals surface area contributed by atoms with Gasteiger partial charge in [-0.1, -0.05) is 23.2 Å². The molecular weight excluding hydrogens is 381 g/mol. The van der Waals surface area contributed by atoms with E-state index >= 15 is 0 Å². The van der Waals surface area contributed by atoms with E-state index < -0.39 is 17.5 Å². The number of benzene rings is 1. The van der Waals surface area contributed by atoms with E-state index in [0.717, 1.165) is 18.9 Å². The Hall–Kier alpha value is -1.76. The van der Waals surface area contributed by atoms with Crippen LogP contribution in [0.5, 0.6) is 5.75 Å². The molecule has 0 aliphatic carbocycles. The Morgan fingerprint density at radius 2 is 2.04 bits per heavy atom. The lowest BCUT2D eigenvalue weighted by Crippen LogP contribution is -2.55. The molecule has 2 fully saturated rings. The van der Waals surface area contributed by atoms with E-state index in [4.69, 9.17) is 33.0 Å². The van der Waals surface area contributed by atoms with Crippen LogP contribution in [0.1, 0.15) is 25.7 Å². The number of carboxylic acids is 2. The first-order chi connectivity index (χ1) is 12.2. The first kappa shape index (κ1) is 19.0. The molecule has 8 heteroatoms. The molecule has 0 amide bonds. The lowest BCUT2D eigenvalue weighted by molar-refractivity contribution is -0.137. The molecule has 3 atom stereocenters. The summed E-state index contributed by atoms with van der Waals surface area (Å²) in [5.41, 5.74) is -0.953. The molecule has 0 spiro atoms. The predicted octanol–water partition coefficient (Wildman–Crippen LogP) is 3.46. The summed E-state index contributed by atoms with van der Waals surface area (Å²) >= 11 is 12.0. The number of hydrogen-bond acceptors (Lipinski definition) is 4. The van der Waals surface area contributed by atoms with Crippen LogP contribution in [0.3, 0.4) is 0 Å². The fraction of sp³-hybridized carbons (Fsp3) is 0.444. The van der Waals surface area contributed by atoms with E-state index in [2.05, 4.69) is 0 Å². The smallest absolute Gasteiger partial charge is 0.333 e. The van der Waals surface area contributed by atoms with Crippen LogP contribution >= 0.6 is 23.2 Å². The zero-order chi connectivity index (χ0) is 19.1. The van der Waals surface area contributed by atoms with Crippen molar-refractivity contribution in [2.24, 2.45) is 0 Å². The molecule has 2 aliphatic heterocycles. The van der Waals surface area contributed by atoms with Gasteiger partial charge >= 0.3 is 11.9 Å². The summed E-state index contributed by atoms with van der Waals surface area (Å²) in [4.78, 5) is 24.9. The van der Waals surface area contributed by atoms with Crippen LogP contribution < -0.4 is 4.74 Å². The summed E-state index contributed by atoms with van der Waals surface area (Å²) in [5, 5.41) is 19.5. The van der Waals surface area contributed by atoms with Crippen molar-refractivity contribution < 1.29 is 24.5 Å². The van der Waals surface area contributed by atoms with Gasteiger partial charge in [-0.3, -0.25) is 4.90 Å². The number of ether oxygens (including phenoxy) is 1. The molecule has 2 saturated heterocycles. The summed E-state index contributed by atoms with van der Waals surface area (Å²) in [6, 6.07) is 5.12. The molecule has 3 rings (SSSR count). The van der Waals surface area contributed by atoms with Crippen LogP contribution in [0.25, 0.3) is 0 Å². The van der Waals surface area contributed by atoms with Gasteiger partial charge in [0.05, 0.1) is 21.2 Å². The van der Waals surface area contributed by atoms with E-state index in [9.17, 15) is 14.7 Å². The molecule has 0 aromatic heterocycles. The zero-order valence-corrected chi connectivity index (χ0v) is 15.6.